The third kappa shape index (κ3) is 7.56. The van der Waals surface area contributed by atoms with Gasteiger partial charge in [0.15, 0.2) is 0 Å². The maximum atomic E-state index is 10.8. The minimum atomic E-state index is -4.61. The van der Waals surface area contributed by atoms with Gasteiger partial charge in [0.1, 0.15) is 0 Å². The van der Waals surface area contributed by atoms with Gasteiger partial charge in [-0.15, -0.1) is 0 Å². The van der Waals surface area contributed by atoms with Crippen LogP contribution in [0.2, 0.25) is 0 Å². The predicted molar refractivity (Wildman–Crippen MR) is 56.4 cm³/mol. The first kappa shape index (κ1) is 15.3. The average molecular weight is 253 g/mol. The first-order valence-corrected chi connectivity index (χ1v) is 6.07. The van der Waals surface area contributed by atoms with Gasteiger partial charge in [0.05, 0.1) is 18.8 Å². The van der Waals surface area contributed by atoms with Crippen LogP contribution in [0.1, 0.15) is 13.8 Å². The molecule has 0 aromatic rings. The molecule has 0 spiro atoms. The number of hydrogen-bond donors (Lipinski definition) is 4. The molecule has 8 heteroatoms. The molecule has 0 aliphatic carbocycles. The zero-order valence-corrected chi connectivity index (χ0v) is 9.92. The molecule has 0 saturated carbocycles. The van der Waals surface area contributed by atoms with Gasteiger partial charge in [-0.2, -0.15) is 0 Å². The van der Waals surface area contributed by atoms with Crippen LogP contribution in [0.4, 0.5) is 0 Å². The van der Waals surface area contributed by atoms with Crippen LogP contribution in [-0.4, -0.2) is 39.6 Å². The summed E-state index contributed by atoms with van der Waals surface area (Å²) in [4.78, 5) is 27.8. The van der Waals surface area contributed by atoms with E-state index in [1.807, 2.05) is 0 Å². The lowest BCUT2D eigenvalue weighted by molar-refractivity contribution is -0.120. The van der Waals surface area contributed by atoms with Crippen LogP contribution in [-0.2, 0) is 13.9 Å². The topological polar surface area (TPSA) is 116 Å². The normalized spacial score (nSPS) is 16.1. The van der Waals surface area contributed by atoms with E-state index in [9.17, 15) is 14.5 Å². The number of carbonyl (C=O) groups is 1. The lowest BCUT2D eigenvalue weighted by Gasteiger charge is -2.21. The van der Waals surface area contributed by atoms with Gasteiger partial charge in [-0.25, -0.2) is 4.57 Å². The van der Waals surface area contributed by atoms with Gasteiger partial charge in [0, 0.05) is 6.92 Å². The van der Waals surface area contributed by atoms with Crippen LogP contribution in [0.5, 0.6) is 0 Å². The van der Waals surface area contributed by atoms with Crippen LogP contribution in [0.25, 0.3) is 0 Å². The fraction of sp³-hybridized carbons (Fsp3) is 0.625. The quantitative estimate of drug-likeness (QED) is 0.376. The Morgan fingerprint density at radius 1 is 1.56 bits per heavy atom. The third-order valence-electron chi connectivity index (χ3n) is 1.61. The van der Waals surface area contributed by atoms with E-state index in [2.05, 4.69) is 9.84 Å². The summed E-state index contributed by atoms with van der Waals surface area (Å²) in [5.74, 6) is -0.428. The molecule has 0 bridgehead atoms. The highest BCUT2D eigenvalue weighted by molar-refractivity contribution is 7.46. The van der Waals surface area contributed by atoms with Crippen molar-refractivity contribution in [3.63, 3.8) is 0 Å². The predicted octanol–water partition coefficient (Wildman–Crippen LogP) is -0.463. The van der Waals surface area contributed by atoms with Crippen LogP contribution >= 0.6 is 7.82 Å². The van der Waals surface area contributed by atoms with E-state index >= 15 is 0 Å². The number of aliphatic hydroxyl groups excluding tert-OH is 1. The van der Waals surface area contributed by atoms with E-state index in [1.165, 1.54) is 13.0 Å². The van der Waals surface area contributed by atoms with E-state index in [-0.39, 0.29) is 0 Å². The number of hydrogen-bond acceptors (Lipinski definition) is 4. The number of phosphoric acid groups is 1. The fourth-order valence-electron chi connectivity index (χ4n) is 0.995. The highest BCUT2D eigenvalue weighted by Gasteiger charge is 2.23. The van der Waals surface area contributed by atoms with Crippen molar-refractivity contribution < 1.29 is 28.8 Å². The maximum Gasteiger partial charge on any atom is 0.469 e. The number of aliphatic hydroxyl groups is 1. The highest BCUT2D eigenvalue weighted by Crippen LogP contribution is 2.35. The Hall–Kier alpha value is -0.720. The van der Waals surface area contributed by atoms with Crippen molar-refractivity contribution in [1.82, 2.24) is 5.32 Å². The molecule has 4 N–H and O–H groups in total. The van der Waals surface area contributed by atoms with Gasteiger partial charge >= 0.3 is 7.82 Å². The van der Waals surface area contributed by atoms with Crippen molar-refractivity contribution in [3.05, 3.63) is 12.2 Å². The van der Waals surface area contributed by atoms with Crippen LogP contribution in [0, 0.1) is 0 Å². The Morgan fingerprint density at radius 3 is 2.50 bits per heavy atom. The molecule has 0 unspecified atom stereocenters. The molecule has 0 radical (unpaired) electrons. The monoisotopic (exact) mass is 253 g/mol. The zero-order valence-electron chi connectivity index (χ0n) is 9.03. The Labute approximate surface area is 93.4 Å². The average Bonchev–Trinajstić information content (AvgIpc) is 2.10. The molecule has 1 amide bonds. The molecule has 0 rings (SSSR count). The third-order valence-corrected chi connectivity index (χ3v) is 2.10. The molecule has 0 aromatic carbocycles. The summed E-state index contributed by atoms with van der Waals surface area (Å²) in [6.07, 6.45) is 1.86. The molecule has 16 heavy (non-hydrogen) atoms. The van der Waals surface area contributed by atoms with Gasteiger partial charge in [0.2, 0.25) is 5.91 Å². The number of phosphoric ester groups is 1. The Kier molecular flexibility index (Phi) is 6.47. The molecule has 0 aliphatic rings. The Morgan fingerprint density at radius 2 is 2.12 bits per heavy atom. The fourth-order valence-corrected chi connectivity index (χ4v) is 1.35. The summed E-state index contributed by atoms with van der Waals surface area (Å²) < 4.78 is 14.7. The van der Waals surface area contributed by atoms with Crippen molar-refractivity contribution in [2.75, 3.05) is 6.61 Å². The van der Waals surface area contributed by atoms with Gasteiger partial charge in [0.25, 0.3) is 0 Å². The van der Waals surface area contributed by atoms with Crippen molar-refractivity contribution in [2.45, 2.75) is 26.0 Å². The number of amides is 1. The SMILES string of the molecule is C/C=C/[C@@H](O)[C@H](COP(=O)(O)O)NC(C)=O. The van der Waals surface area contributed by atoms with Crippen molar-refractivity contribution in [1.29, 1.82) is 0 Å². The summed E-state index contributed by atoms with van der Waals surface area (Å²) in [5.41, 5.74) is 0. The van der Waals surface area contributed by atoms with E-state index < -0.39 is 32.5 Å². The molecule has 0 aromatic heterocycles. The lowest BCUT2D eigenvalue weighted by atomic mass is 10.1. The number of allylic oxidation sites excluding steroid dienone is 1. The molecule has 0 heterocycles. The van der Waals surface area contributed by atoms with Crippen LogP contribution < -0.4 is 5.32 Å². The van der Waals surface area contributed by atoms with E-state index in [0.717, 1.165) is 0 Å². The van der Waals surface area contributed by atoms with Gasteiger partial charge in [-0.05, 0) is 6.92 Å². The largest absolute Gasteiger partial charge is 0.469 e. The maximum absolute atomic E-state index is 10.8. The molecule has 0 fully saturated rings. The first-order chi connectivity index (χ1) is 7.26. The highest BCUT2D eigenvalue weighted by atomic mass is 31.2. The second-order valence-corrected chi connectivity index (χ2v) is 4.35. The smallest absolute Gasteiger partial charge is 0.387 e. The molecule has 2 atom stereocenters. The summed E-state index contributed by atoms with van der Waals surface area (Å²) >= 11 is 0. The Balaban J connectivity index is 4.43. The van der Waals surface area contributed by atoms with Gasteiger partial charge in [-0.3, -0.25) is 9.32 Å². The van der Waals surface area contributed by atoms with Crippen LogP contribution in [0.15, 0.2) is 12.2 Å². The van der Waals surface area contributed by atoms with Crippen molar-refractivity contribution in [3.8, 4) is 0 Å². The molecule has 0 saturated heterocycles. The number of rotatable bonds is 6. The number of nitrogens with one attached hydrogen (secondary N) is 1. The van der Waals surface area contributed by atoms with E-state index in [1.54, 1.807) is 13.0 Å². The van der Waals surface area contributed by atoms with E-state index in [0.29, 0.717) is 0 Å². The lowest BCUT2D eigenvalue weighted by Crippen LogP contribution is -2.44. The Bertz CT molecular complexity index is 299. The van der Waals surface area contributed by atoms with Crippen LogP contribution in [0.3, 0.4) is 0 Å². The number of carbonyl (C=O) groups excluding carboxylic acids is 1. The molecule has 7 nitrogen and oxygen atoms in total. The van der Waals surface area contributed by atoms with Gasteiger partial charge < -0.3 is 20.2 Å². The summed E-state index contributed by atoms with van der Waals surface area (Å²) in [6.45, 7) is 2.42. The second kappa shape index (κ2) is 6.78. The molecular formula is C8H16NO6P. The molecule has 94 valence electrons. The second-order valence-electron chi connectivity index (χ2n) is 3.11. The first-order valence-electron chi connectivity index (χ1n) is 4.54. The molecule has 0 aliphatic heterocycles. The zero-order chi connectivity index (χ0) is 12.8. The summed E-state index contributed by atoms with van der Waals surface area (Å²) in [6, 6.07) is -0.902. The summed E-state index contributed by atoms with van der Waals surface area (Å²) in [7, 11) is -4.61. The van der Waals surface area contributed by atoms with Gasteiger partial charge in [-0.1, -0.05) is 12.2 Å². The van der Waals surface area contributed by atoms with E-state index in [4.69, 9.17) is 9.79 Å². The van der Waals surface area contributed by atoms with Crippen molar-refractivity contribution >= 4 is 13.7 Å². The standard InChI is InChI=1S/C8H16NO6P/c1-3-4-8(11)7(9-6(2)10)5-15-16(12,13)14/h3-4,7-8,11H,5H2,1-2H3,(H,9,10)(H2,12,13,14)/b4-3+/t7-,8+/m0/s1. The minimum Gasteiger partial charge on any atom is -0.387 e. The van der Waals surface area contributed by atoms with Crippen molar-refractivity contribution in [2.24, 2.45) is 0 Å². The minimum absolute atomic E-state index is 0.428. The summed E-state index contributed by atoms with van der Waals surface area (Å²) in [5, 5.41) is 11.8. The molecular weight excluding hydrogens is 237 g/mol.